The van der Waals surface area contributed by atoms with E-state index in [1.165, 1.54) is 12.8 Å². The molecule has 14 heavy (non-hydrogen) atoms. The van der Waals surface area contributed by atoms with E-state index in [-0.39, 0.29) is 0 Å². The molecule has 1 saturated heterocycles. The van der Waals surface area contributed by atoms with Crippen LogP contribution in [0.3, 0.4) is 0 Å². The van der Waals surface area contributed by atoms with E-state index in [0.29, 0.717) is 17.6 Å². The Morgan fingerprint density at radius 3 is 2.93 bits per heavy atom. The molecule has 1 aliphatic heterocycles. The Kier molecular flexibility index (Phi) is 5.16. The summed E-state index contributed by atoms with van der Waals surface area (Å²) in [6.45, 7) is 5.99. The van der Waals surface area contributed by atoms with Gasteiger partial charge in [-0.05, 0) is 18.3 Å². The first kappa shape index (κ1) is 11.7. The lowest BCUT2D eigenvalue weighted by molar-refractivity contribution is -0.120. The van der Waals surface area contributed by atoms with Crippen molar-refractivity contribution in [2.24, 2.45) is 11.8 Å². The highest BCUT2D eigenvalue weighted by Crippen LogP contribution is 2.19. The number of carbonyl (C=O) groups excluding carboxylic acids is 1. The fourth-order valence-corrected chi connectivity index (χ4v) is 2.13. The minimum absolute atomic E-state index is 0.432. The van der Waals surface area contributed by atoms with Crippen LogP contribution in [0.2, 0.25) is 0 Å². The fourth-order valence-electron chi connectivity index (χ4n) is 2.13. The van der Waals surface area contributed by atoms with E-state index < -0.39 is 0 Å². The average molecular weight is 198 g/mol. The topological polar surface area (TPSA) is 26.3 Å². The van der Waals surface area contributed by atoms with Gasteiger partial charge in [0.1, 0.15) is 5.78 Å². The van der Waals surface area contributed by atoms with Crippen LogP contribution in [0.1, 0.15) is 46.0 Å². The van der Waals surface area contributed by atoms with E-state index in [2.05, 4.69) is 13.8 Å². The number of Topliss-reactive ketones (excluding diaryl/α,β-unsaturated/α-hetero) is 1. The molecule has 0 saturated carbocycles. The Morgan fingerprint density at radius 2 is 2.36 bits per heavy atom. The van der Waals surface area contributed by atoms with Crippen molar-refractivity contribution in [2.75, 3.05) is 13.2 Å². The van der Waals surface area contributed by atoms with Crippen molar-refractivity contribution >= 4 is 5.78 Å². The highest BCUT2D eigenvalue weighted by atomic mass is 16.5. The maximum Gasteiger partial charge on any atom is 0.133 e. The number of hydrogen-bond acceptors (Lipinski definition) is 2. The first-order valence-electron chi connectivity index (χ1n) is 5.81. The van der Waals surface area contributed by atoms with Gasteiger partial charge in [-0.2, -0.15) is 0 Å². The molecule has 0 N–H and O–H groups in total. The van der Waals surface area contributed by atoms with Crippen LogP contribution in [0, 0.1) is 11.8 Å². The molecule has 0 amide bonds. The summed E-state index contributed by atoms with van der Waals surface area (Å²) in [5, 5.41) is 0. The number of rotatable bonds is 6. The molecular formula is C12H22O2. The van der Waals surface area contributed by atoms with Crippen LogP contribution < -0.4 is 0 Å². The molecule has 1 rings (SSSR count). The van der Waals surface area contributed by atoms with Crippen molar-refractivity contribution in [1.82, 2.24) is 0 Å². The van der Waals surface area contributed by atoms with Crippen molar-refractivity contribution in [1.29, 1.82) is 0 Å². The van der Waals surface area contributed by atoms with Crippen LogP contribution in [-0.2, 0) is 9.53 Å². The summed E-state index contributed by atoms with van der Waals surface area (Å²) in [5.74, 6) is 1.51. The van der Waals surface area contributed by atoms with E-state index in [1.807, 2.05) is 0 Å². The highest BCUT2D eigenvalue weighted by molar-refractivity contribution is 5.78. The summed E-state index contributed by atoms with van der Waals surface area (Å²) in [6, 6.07) is 0. The second-order valence-corrected chi connectivity index (χ2v) is 4.57. The Bertz CT molecular complexity index is 171. The molecule has 0 bridgehead atoms. The second-order valence-electron chi connectivity index (χ2n) is 4.57. The molecule has 0 aromatic rings. The minimum atomic E-state index is 0.432. The molecule has 0 aromatic heterocycles. The van der Waals surface area contributed by atoms with Crippen molar-refractivity contribution in [3.8, 4) is 0 Å². The van der Waals surface area contributed by atoms with Crippen LogP contribution in [0.15, 0.2) is 0 Å². The van der Waals surface area contributed by atoms with Gasteiger partial charge in [-0.1, -0.05) is 26.7 Å². The Balaban J connectivity index is 2.14. The lowest BCUT2D eigenvalue weighted by Crippen LogP contribution is -2.11. The van der Waals surface area contributed by atoms with Gasteiger partial charge < -0.3 is 4.74 Å². The van der Waals surface area contributed by atoms with Gasteiger partial charge in [0.2, 0.25) is 0 Å². The number of ether oxygens (including phenoxy) is 1. The maximum atomic E-state index is 11.6. The second kappa shape index (κ2) is 6.18. The molecule has 1 heterocycles. The van der Waals surface area contributed by atoms with Gasteiger partial charge in [0, 0.05) is 26.1 Å². The largest absolute Gasteiger partial charge is 0.381 e. The quantitative estimate of drug-likeness (QED) is 0.656. The molecular weight excluding hydrogens is 176 g/mol. The molecule has 2 atom stereocenters. The van der Waals surface area contributed by atoms with Crippen LogP contribution in [0.5, 0.6) is 0 Å². The van der Waals surface area contributed by atoms with E-state index in [1.54, 1.807) is 0 Å². The van der Waals surface area contributed by atoms with E-state index in [4.69, 9.17) is 4.74 Å². The SMILES string of the molecule is CCCC(C)CC(=O)CC1CCOC1. The van der Waals surface area contributed by atoms with Gasteiger partial charge in [0.15, 0.2) is 0 Å². The summed E-state index contributed by atoms with van der Waals surface area (Å²) in [4.78, 5) is 11.6. The summed E-state index contributed by atoms with van der Waals surface area (Å²) in [5.41, 5.74) is 0. The number of hydrogen-bond donors (Lipinski definition) is 0. The standard InChI is InChI=1S/C12H22O2/c1-3-4-10(2)7-12(13)8-11-5-6-14-9-11/h10-11H,3-9H2,1-2H3. The average Bonchev–Trinajstić information content (AvgIpc) is 2.56. The molecule has 0 aliphatic carbocycles. The Hall–Kier alpha value is -0.370. The summed E-state index contributed by atoms with van der Waals surface area (Å²) in [6.07, 6.45) is 4.94. The third-order valence-corrected chi connectivity index (χ3v) is 2.90. The highest BCUT2D eigenvalue weighted by Gasteiger charge is 2.19. The van der Waals surface area contributed by atoms with Gasteiger partial charge in [0.05, 0.1) is 0 Å². The van der Waals surface area contributed by atoms with Crippen molar-refractivity contribution in [2.45, 2.75) is 46.0 Å². The van der Waals surface area contributed by atoms with Gasteiger partial charge in [-0.25, -0.2) is 0 Å². The minimum Gasteiger partial charge on any atom is -0.381 e. The first-order chi connectivity index (χ1) is 6.72. The molecule has 0 aromatic carbocycles. The monoisotopic (exact) mass is 198 g/mol. The van der Waals surface area contributed by atoms with E-state index in [9.17, 15) is 4.79 Å². The summed E-state index contributed by atoms with van der Waals surface area (Å²) in [7, 11) is 0. The lowest BCUT2D eigenvalue weighted by Gasteiger charge is -2.10. The van der Waals surface area contributed by atoms with E-state index >= 15 is 0 Å². The zero-order chi connectivity index (χ0) is 10.4. The van der Waals surface area contributed by atoms with Gasteiger partial charge in [-0.3, -0.25) is 4.79 Å². The normalized spacial score (nSPS) is 23.7. The van der Waals surface area contributed by atoms with Crippen LogP contribution >= 0.6 is 0 Å². The molecule has 0 radical (unpaired) electrons. The van der Waals surface area contributed by atoms with Crippen molar-refractivity contribution in [3.63, 3.8) is 0 Å². The first-order valence-corrected chi connectivity index (χ1v) is 5.81. The predicted molar refractivity (Wildman–Crippen MR) is 57.2 cm³/mol. The van der Waals surface area contributed by atoms with E-state index in [0.717, 1.165) is 32.5 Å². The number of ketones is 1. The zero-order valence-electron chi connectivity index (χ0n) is 9.42. The molecule has 1 aliphatic rings. The molecule has 2 nitrogen and oxygen atoms in total. The third-order valence-electron chi connectivity index (χ3n) is 2.90. The zero-order valence-corrected chi connectivity index (χ0v) is 9.42. The van der Waals surface area contributed by atoms with Crippen LogP contribution in [-0.4, -0.2) is 19.0 Å². The lowest BCUT2D eigenvalue weighted by atomic mass is 9.94. The van der Waals surface area contributed by atoms with Crippen LogP contribution in [0.4, 0.5) is 0 Å². The molecule has 2 unspecified atom stereocenters. The molecule has 0 spiro atoms. The smallest absolute Gasteiger partial charge is 0.133 e. The summed E-state index contributed by atoms with van der Waals surface area (Å²) < 4.78 is 5.26. The number of carbonyl (C=O) groups is 1. The van der Waals surface area contributed by atoms with Gasteiger partial charge in [0.25, 0.3) is 0 Å². The van der Waals surface area contributed by atoms with Gasteiger partial charge >= 0.3 is 0 Å². The Labute approximate surface area is 87.0 Å². The Morgan fingerprint density at radius 1 is 1.57 bits per heavy atom. The third kappa shape index (κ3) is 4.23. The molecule has 2 heteroatoms. The molecule has 82 valence electrons. The molecule has 1 fully saturated rings. The summed E-state index contributed by atoms with van der Waals surface area (Å²) >= 11 is 0. The fraction of sp³-hybridized carbons (Fsp3) is 0.917. The van der Waals surface area contributed by atoms with Crippen LogP contribution in [0.25, 0.3) is 0 Å². The predicted octanol–water partition coefficient (Wildman–Crippen LogP) is 2.81. The van der Waals surface area contributed by atoms with Gasteiger partial charge in [-0.15, -0.1) is 0 Å². The maximum absolute atomic E-state index is 11.6. The van der Waals surface area contributed by atoms with Crippen molar-refractivity contribution < 1.29 is 9.53 Å². The van der Waals surface area contributed by atoms with Crippen molar-refractivity contribution in [3.05, 3.63) is 0 Å².